The molecular formula is C10H9ClN4O. The first-order valence-electron chi connectivity index (χ1n) is 4.63. The molecule has 0 aliphatic rings. The average Bonchev–Trinajstić information content (AvgIpc) is 2.80. The fraction of sp³-hybridized carbons (Fsp3) is 0.100. The lowest BCUT2D eigenvalue weighted by Gasteiger charge is -2.02. The van der Waals surface area contributed by atoms with E-state index in [9.17, 15) is 4.79 Å². The summed E-state index contributed by atoms with van der Waals surface area (Å²) in [4.78, 5) is 15.5. The standard InChI is InChI=1S/C10H9ClN4O/c11-8-1-2-9(12-6-8)10(16)13-3-7-4-14-15-5-7/h1-2,4-6H,3H2,(H,13,16)(H,14,15). The predicted octanol–water partition coefficient (Wildman–Crippen LogP) is 1.39. The van der Waals surface area contributed by atoms with E-state index in [1.165, 1.54) is 6.20 Å². The van der Waals surface area contributed by atoms with Gasteiger partial charge in [-0.15, -0.1) is 0 Å². The number of halogens is 1. The summed E-state index contributed by atoms with van der Waals surface area (Å²) in [5.41, 5.74) is 1.25. The number of hydrogen-bond donors (Lipinski definition) is 2. The van der Waals surface area contributed by atoms with Gasteiger partial charge >= 0.3 is 0 Å². The first-order chi connectivity index (χ1) is 7.75. The Morgan fingerprint density at radius 1 is 1.44 bits per heavy atom. The zero-order chi connectivity index (χ0) is 11.4. The van der Waals surface area contributed by atoms with Gasteiger partial charge in [0, 0.05) is 24.5 Å². The lowest BCUT2D eigenvalue weighted by Crippen LogP contribution is -2.23. The minimum absolute atomic E-state index is 0.238. The maximum Gasteiger partial charge on any atom is 0.270 e. The summed E-state index contributed by atoms with van der Waals surface area (Å²) in [7, 11) is 0. The molecule has 2 aromatic rings. The fourth-order valence-corrected chi connectivity index (χ4v) is 1.27. The molecule has 1 amide bonds. The summed E-state index contributed by atoms with van der Waals surface area (Å²) in [5, 5.41) is 9.66. The Morgan fingerprint density at radius 3 is 2.94 bits per heavy atom. The van der Waals surface area contributed by atoms with E-state index in [4.69, 9.17) is 11.6 Å². The van der Waals surface area contributed by atoms with Gasteiger partial charge in [0.25, 0.3) is 5.91 Å². The Bertz CT molecular complexity index is 466. The first kappa shape index (κ1) is 10.6. The second-order valence-corrected chi connectivity index (χ2v) is 3.59. The van der Waals surface area contributed by atoms with Crippen LogP contribution < -0.4 is 5.32 Å². The average molecular weight is 237 g/mol. The van der Waals surface area contributed by atoms with E-state index in [1.54, 1.807) is 24.5 Å². The molecular weight excluding hydrogens is 228 g/mol. The van der Waals surface area contributed by atoms with Crippen LogP contribution in [0.3, 0.4) is 0 Å². The summed E-state index contributed by atoms with van der Waals surface area (Å²) in [6.45, 7) is 0.416. The van der Waals surface area contributed by atoms with E-state index >= 15 is 0 Å². The van der Waals surface area contributed by atoms with E-state index in [2.05, 4.69) is 20.5 Å². The topological polar surface area (TPSA) is 70.7 Å². The van der Waals surface area contributed by atoms with E-state index < -0.39 is 0 Å². The van der Waals surface area contributed by atoms with Crippen molar-refractivity contribution in [1.29, 1.82) is 0 Å². The van der Waals surface area contributed by atoms with Gasteiger partial charge < -0.3 is 5.32 Å². The SMILES string of the molecule is O=C(NCc1cn[nH]c1)c1ccc(Cl)cn1. The molecule has 0 bridgehead atoms. The Kier molecular flexibility index (Phi) is 3.16. The first-order valence-corrected chi connectivity index (χ1v) is 5.01. The fourth-order valence-electron chi connectivity index (χ4n) is 1.16. The highest BCUT2D eigenvalue weighted by Crippen LogP contribution is 2.06. The van der Waals surface area contributed by atoms with Crippen LogP contribution in [0.5, 0.6) is 0 Å². The molecule has 0 spiro atoms. The lowest BCUT2D eigenvalue weighted by molar-refractivity contribution is 0.0946. The third kappa shape index (κ3) is 2.58. The molecule has 0 atom stereocenters. The molecule has 0 unspecified atom stereocenters. The maximum absolute atomic E-state index is 11.6. The third-order valence-electron chi connectivity index (χ3n) is 1.97. The van der Waals surface area contributed by atoms with Crippen LogP contribution in [-0.4, -0.2) is 21.1 Å². The molecule has 0 radical (unpaired) electrons. The van der Waals surface area contributed by atoms with E-state index in [-0.39, 0.29) is 5.91 Å². The van der Waals surface area contributed by atoms with Crippen molar-refractivity contribution in [2.45, 2.75) is 6.54 Å². The molecule has 0 aromatic carbocycles. The maximum atomic E-state index is 11.6. The molecule has 16 heavy (non-hydrogen) atoms. The summed E-state index contributed by atoms with van der Waals surface area (Å²) in [6.07, 6.45) is 4.81. The number of aromatic nitrogens is 3. The monoisotopic (exact) mass is 236 g/mol. The van der Waals surface area contributed by atoms with Crippen LogP contribution in [0.2, 0.25) is 5.02 Å². The van der Waals surface area contributed by atoms with Crippen molar-refractivity contribution in [3.63, 3.8) is 0 Å². The number of pyridine rings is 1. The summed E-state index contributed by atoms with van der Waals surface area (Å²) in [5.74, 6) is -0.238. The molecule has 5 nitrogen and oxygen atoms in total. The molecule has 0 saturated carbocycles. The molecule has 0 fully saturated rings. The number of rotatable bonds is 3. The van der Waals surface area contributed by atoms with Gasteiger partial charge in [0.2, 0.25) is 0 Å². The van der Waals surface area contributed by atoms with Gasteiger partial charge in [-0.05, 0) is 12.1 Å². The van der Waals surface area contributed by atoms with Gasteiger partial charge in [-0.2, -0.15) is 5.10 Å². The number of carbonyl (C=O) groups excluding carboxylic acids is 1. The zero-order valence-electron chi connectivity index (χ0n) is 8.27. The highest BCUT2D eigenvalue weighted by molar-refractivity contribution is 6.30. The Hall–Kier alpha value is -1.88. The quantitative estimate of drug-likeness (QED) is 0.846. The van der Waals surface area contributed by atoms with E-state index in [1.807, 2.05) is 0 Å². The minimum Gasteiger partial charge on any atom is -0.347 e. The lowest BCUT2D eigenvalue weighted by atomic mass is 10.3. The molecule has 2 aromatic heterocycles. The van der Waals surface area contributed by atoms with Crippen LogP contribution in [0.15, 0.2) is 30.7 Å². The highest BCUT2D eigenvalue weighted by atomic mass is 35.5. The molecule has 2 N–H and O–H groups in total. The molecule has 82 valence electrons. The minimum atomic E-state index is -0.238. The van der Waals surface area contributed by atoms with Crippen molar-refractivity contribution in [3.8, 4) is 0 Å². The number of amides is 1. The second kappa shape index (κ2) is 4.76. The molecule has 0 saturated heterocycles. The van der Waals surface area contributed by atoms with Gasteiger partial charge in [0.1, 0.15) is 5.69 Å². The van der Waals surface area contributed by atoms with Gasteiger partial charge in [-0.1, -0.05) is 11.6 Å². The van der Waals surface area contributed by atoms with Gasteiger partial charge in [-0.25, -0.2) is 4.98 Å². The molecule has 6 heteroatoms. The Labute approximate surface area is 96.8 Å². The van der Waals surface area contributed by atoms with Crippen LogP contribution >= 0.6 is 11.6 Å². The number of hydrogen-bond acceptors (Lipinski definition) is 3. The number of nitrogens with one attached hydrogen (secondary N) is 2. The van der Waals surface area contributed by atoms with Crippen molar-refractivity contribution < 1.29 is 4.79 Å². The van der Waals surface area contributed by atoms with Crippen molar-refractivity contribution in [1.82, 2.24) is 20.5 Å². The predicted molar refractivity (Wildman–Crippen MR) is 59.0 cm³/mol. The normalized spacial score (nSPS) is 10.1. The number of aromatic amines is 1. The van der Waals surface area contributed by atoms with Gasteiger partial charge in [-0.3, -0.25) is 9.89 Å². The summed E-state index contributed by atoms with van der Waals surface area (Å²) >= 11 is 5.67. The van der Waals surface area contributed by atoms with Crippen molar-refractivity contribution in [2.75, 3.05) is 0 Å². The smallest absolute Gasteiger partial charge is 0.270 e. The van der Waals surface area contributed by atoms with Crippen molar-refractivity contribution in [3.05, 3.63) is 47.0 Å². The Morgan fingerprint density at radius 2 is 2.31 bits per heavy atom. The highest BCUT2D eigenvalue weighted by Gasteiger charge is 2.06. The molecule has 0 aliphatic carbocycles. The molecule has 2 heterocycles. The summed E-state index contributed by atoms with van der Waals surface area (Å²) < 4.78 is 0. The second-order valence-electron chi connectivity index (χ2n) is 3.15. The zero-order valence-corrected chi connectivity index (χ0v) is 9.03. The van der Waals surface area contributed by atoms with Crippen molar-refractivity contribution >= 4 is 17.5 Å². The number of H-pyrrole nitrogens is 1. The van der Waals surface area contributed by atoms with Crippen LogP contribution in [-0.2, 0) is 6.54 Å². The van der Waals surface area contributed by atoms with Crippen LogP contribution in [0, 0.1) is 0 Å². The number of nitrogens with zero attached hydrogens (tertiary/aromatic N) is 2. The Balaban J connectivity index is 1.95. The van der Waals surface area contributed by atoms with Crippen LogP contribution in [0.4, 0.5) is 0 Å². The van der Waals surface area contributed by atoms with Crippen molar-refractivity contribution in [2.24, 2.45) is 0 Å². The van der Waals surface area contributed by atoms with E-state index in [0.29, 0.717) is 17.3 Å². The van der Waals surface area contributed by atoms with Gasteiger partial charge in [0.05, 0.1) is 11.2 Å². The van der Waals surface area contributed by atoms with Crippen LogP contribution in [0.25, 0.3) is 0 Å². The van der Waals surface area contributed by atoms with E-state index in [0.717, 1.165) is 5.56 Å². The van der Waals surface area contributed by atoms with Crippen LogP contribution in [0.1, 0.15) is 16.1 Å². The molecule has 2 rings (SSSR count). The largest absolute Gasteiger partial charge is 0.347 e. The van der Waals surface area contributed by atoms with Gasteiger partial charge in [0.15, 0.2) is 0 Å². The number of carbonyl (C=O) groups is 1. The molecule has 0 aliphatic heterocycles. The summed E-state index contributed by atoms with van der Waals surface area (Å²) in [6, 6.07) is 3.20. The third-order valence-corrected chi connectivity index (χ3v) is 2.19.